The summed E-state index contributed by atoms with van der Waals surface area (Å²) in [6.45, 7) is 8.27. The monoisotopic (exact) mass is 733 g/mol. The highest BCUT2D eigenvalue weighted by molar-refractivity contribution is 7.81. The molecule has 2 aromatic carbocycles. The molecule has 0 radical (unpaired) electrons. The molecule has 0 saturated carbocycles. The third-order valence-corrected chi connectivity index (χ3v) is 10.8. The number of rotatable bonds is 36. The van der Waals surface area contributed by atoms with Gasteiger partial charge in [0, 0.05) is 10.9 Å². The summed E-state index contributed by atoms with van der Waals surface area (Å²) in [5.41, 5.74) is 3.59. The maximum atomic E-state index is 6.14. The minimum Gasteiger partial charge on any atom is -0.493 e. The van der Waals surface area contributed by atoms with Gasteiger partial charge in [0.2, 0.25) is 0 Å². The Kier molecular flexibility index (Phi) is 29.6. The Labute approximate surface area is 328 Å². The van der Waals surface area contributed by atoms with Crippen molar-refractivity contribution in [1.82, 2.24) is 0 Å². The Morgan fingerprint density at radius 2 is 0.827 bits per heavy atom. The van der Waals surface area contributed by atoms with E-state index in [1.807, 2.05) is 6.07 Å². The number of hydrogen-bond acceptors (Lipinski definition) is 3. The summed E-state index contributed by atoms with van der Waals surface area (Å²) in [4.78, 5) is 0.860. The van der Waals surface area contributed by atoms with E-state index in [0.29, 0.717) is 0 Å². The fourth-order valence-electron chi connectivity index (χ4n) is 6.98. The molecule has 2 aromatic rings. The number of ether oxygens (including phenoxy) is 2. The van der Waals surface area contributed by atoms with Crippen LogP contribution >= 0.6 is 12.2 Å². The quantitative estimate of drug-likeness (QED) is 0.0301. The van der Waals surface area contributed by atoms with Crippen LogP contribution in [0.5, 0.6) is 11.5 Å². The third-order valence-electron chi connectivity index (χ3n) is 10.4. The van der Waals surface area contributed by atoms with Gasteiger partial charge >= 0.3 is 0 Å². The van der Waals surface area contributed by atoms with E-state index in [9.17, 15) is 0 Å². The molecular formula is C49H80O2S. The number of hydrogen-bond donors (Lipinski definition) is 0. The Hall–Kier alpha value is -2.13. The molecule has 3 heteroatoms. The van der Waals surface area contributed by atoms with Crippen LogP contribution in [0.2, 0.25) is 0 Å². The third kappa shape index (κ3) is 25.0. The lowest BCUT2D eigenvalue weighted by Gasteiger charge is -2.11. The van der Waals surface area contributed by atoms with Gasteiger partial charge in [-0.05, 0) is 60.6 Å². The summed E-state index contributed by atoms with van der Waals surface area (Å²) in [5.74, 6) is 1.75. The zero-order valence-corrected chi connectivity index (χ0v) is 35.2. The van der Waals surface area contributed by atoms with Gasteiger partial charge in [-0.3, -0.25) is 0 Å². The Balaban J connectivity index is 1.59. The first-order valence-electron chi connectivity index (χ1n) is 22.4. The van der Waals surface area contributed by atoms with Gasteiger partial charge in [0.25, 0.3) is 0 Å². The predicted octanol–water partition coefficient (Wildman–Crippen LogP) is 16.4. The number of unbranched alkanes of at least 4 members (excludes halogenated alkanes) is 25. The zero-order chi connectivity index (χ0) is 37.2. The standard InChI is InChI=1S/C49H80O2S/c1-4-7-10-13-14-15-16-17-18-19-20-21-22-23-24-25-26-27-28-29-32-44-33-36-46(37-34-44)49(52)38-35-45-41-47(50-39-30-11-8-5-2)43-48(42-45)51-40-31-12-9-6-3/h33-38,41-43H,4-32,39-40H2,1-3H3. The number of thiocarbonyl (C=S) groups is 1. The molecule has 0 aromatic heterocycles. The van der Waals surface area contributed by atoms with Crippen LogP contribution in [0.25, 0.3) is 6.08 Å². The van der Waals surface area contributed by atoms with Crippen molar-refractivity contribution in [2.45, 2.75) is 207 Å². The maximum absolute atomic E-state index is 6.14. The van der Waals surface area contributed by atoms with E-state index in [0.717, 1.165) is 60.0 Å². The van der Waals surface area contributed by atoms with Crippen molar-refractivity contribution < 1.29 is 9.47 Å². The highest BCUT2D eigenvalue weighted by atomic mass is 32.1. The largest absolute Gasteiger partial charge is 0.493 e. The van der Waals surface area contributed by atoms with Crippen LogP contribution in [0.15, 0.2) is 48.5 Å². The second-order valence-corrected chi connectivity index (χ2v) is 15.9. The van der Waals surface area contributed by atoms with E-state index in [4.69, 9.17) is 21.7 Å². The molecule has 0 aliphatic rings. The summed E-state index contributed by atoms with van der Waals surface area (Å²) >= 11 is 5.82. The second-order valence-electron chi connectivity index (χ2n) is 15.4. The van der Waals surface area contributed by atoms with Crippen molar-refractivity contribution in [2.75, 3.05) is 13.2 Å². The molecule has 0 unspecified atom stereocenters. The molecule has 0 fully saturated rings. The van der Waals surface area contributed by atoms with E-state index in [2.05, 4.69) is 69.3 Å². The van der Waals surface area contributed by atoms with Crippen LogP contribution in [0.4, 0.5) is 0 Å². The van der Waals surface area contributed by atoms with Gasteiger partial charge in [-0.15, -0.1) is 0 Å². The fourth-order valence-corrected chi connectivity index (χ4v) is 7.19. The van der Waals surface area contributed by atoms with Crippen molar-refractivity contribution in [3.05, 3.63) is 65.2 Å². The summed E-state index contributed by atoms with van der Waals surface area (Å²) in [7, 11) is 0. The molecular weight excluding hydrogens is 653 g/mol. The van der Waals surface area contributed by atoms with Gasteiger partial charge in [0.15, 0.2) is 0 Å². The Bertz CT molecular complexity index is 1100. The van der Waals surface area contributed by atoms with Gasteiger partial charge in [-0.1, -0.05) is 224 Å². The summed E-state index contributed by atoms with van der Waals surface area (Å²) in [6.07, 6.45) is 43.4. The van der Waals surface area contributed by atoms with E-state index < -0.39 is 0 Å². The molecule has 2 rings (SSSR count). The average Bonchev–Trinajstić information content (AvgIpc) is 3.16. The Morgan fingerprint density at radius 3 is 1.23 bits per heavy atom. The molecule has 0 amide bonds. The normalized spacial score (nSPS) is 11.4. The maximum Gasteiger partial charge on any atom is 0.123 e. The molecule has 0 heterocycles. The molecule has 0 spiro atoms. The van der Waals surface area contributed by atoms with E-state index in [-0.39, 0.29) is 0 Å². The average molecular weight is 733 g/mol. The minimum absolute atomic E-state index is 0.743. The molecule has 0 atom stereocenters. The van der Waals surface area contributed by atoms with Crippen LogP contribution in [-0.2, 0) is 6.42 Å². The van der Waals surface area contributed by atoms with Gasteiger partial charge in [0.05, 0.1) is 13.2 Å². The van der Waals surface area contributed by atoms with Crippen LogP contribution < -0.4 is 9.47 Å². The molecule has 2 nitrogen and oxygen atoms in total. The molecule has 0 aliphatic carbocycles. The van der Waals surface area contributed by atoms with E-state index in [1.165, 1.54) is 173 Å². The van der Waals surface area contributed by atoms with Gasteiger partial charge in [-0.2, -0.15) is 0 Å². The van der Waals surface area contributed by atoms with Crippen LogP contribution in [0, 0.1) is 0 Å². The molecule has 0 N–H and O–H groups in total. The molecule has 52 heavy (non-hydrogen) atoms. The molecule has 0 bridgehead atoms. The number of benzene rings is 2. The fraction of sp³-hybridized carbons (Fsp3) is 0.694. The van der Waals surface area contributed by atoms with Gasteiger partial charge in [0.1, 0.15) is 11.5 Å². The number of allylic oxidation sites excluding steroid dienone is 1. The van der Waals surface area contributed by atoms with Crippen LogP contribution in [-0.4, -0.2) is 18.1 Å². The smallest absolute Gasteiger partial charge is 0.123 e. The lowest BCUT2D eigenvalue weighted by Crippen LogP contribution is -2.01. The topological polar surface area (TPSA) is 18.5 Å². The van der Waals surface area contributed by atoms with Gasteiger partial charge in [-0.25, -0.2) is 0 Å². The molecule has 0 saturated heterocycles. The molecule has 294 valence electrons. The van der Waals surface area contributed by atoms with Crippen molar-refractivity contribution in [3.8, 4) is 11.5 Å². The highest BCUT2D eigenvalue weighted by Crippen LogP contribution is 2.25. The van der Waals surface area contributed by atoms with E-state index >= 15 is 0 Å². The van der Waals surface area contributed by atoms with Crippen molar-refractivity contribution >= 4 is 23.2 Å². The van der Waals surface area contributed by atoms with Crippen molar-refractivity contribution in [1.29, 1.82) is 0 Å². The van der Waals surface area contributed by atoms with Gasteiger partial charge < -0.3 is 9.47 Å². The summed E-state index contributed by atoms with van der Waals surface area (Å²) < 4.78 is 12.3. The molecule has 0 aliphatic heterocycles. The minimum atomic E-state index is 0.743. The summed E-state index contributed by atoms with van der Waals surface area (Å²) in [5, 5.41) is 0. The summed E-state index contributed by atoms with van der Waals surface area (Å²) in [6, 6.07) is 15.2. The first-order chi connectivity index (χ1) is 25.7. The number of aryl methyl sites for hydroxylation is 1. The Morgan fingerprint density at radius 1 is 0.462 bits per heavy atom. The second kappa shape index (κ2) is 33.4. The van der Waals surface area contributed by atoms with Crippen molar-refractivity contribution in [2.24, 2.45) is 0 Å². The van der Waals surface area contributed by atoms with E-state index in [1.54, 1.807) is 0 Å². The first-order valence-corrected chi connectivity index (χ1v) is 22.8. The first kappa shape index (κ1) is 46.0. The van der Waals surface area contributed by atoms with Crippen LogP contribution in [0.3, 0.4) is 0 Å². The SMILES string of the molecule is CCCCCCCCCCCCCCCCCCCCCCc1ccc(C(=S)C=Cc2cc(OCCCCCC)cc(OCCCCCC)c2)cc1. The lowest BCUT2D eigenvalue weighted by molar-refractivity contribution is 0.290. The highest BCUT2D eigenvalue weighted by Gasteiger charge is 2.05. The predicted molar refractivity (Wildman–Crippen MR) is 235 cm³/mol. The van der Waals surface area contributed by atoms with Crippen molar-refractivity contribution in [3.63, 3.8) is 0 Å². The lowest BCUT2D eigenvalue weighted by atomic mass is 10.0. The zero-order valence-electron chi connectivity index (χ0n) is 34.3. The van der Waals surface area contributed by atoms with Crippen LogP contribution in [0.1, 0.15) is 217 Å².